The molecule has 0 aromatic carbocycles. The van der Waals surface area contributed by atoms with Gasteiger partial charge in [0.15, 0.2) is 18.5 Å². The maximum absolute atomic E-state index is 13.7. The van der Waals surface area contributed by atoms with E-state index in [1.54, 1.807) is 13.0 Å². The van der Waals surface area contributed by atoms with Crippen LogP contribution in [0.4, 0.5) is 0 Å². The minimum atomic E-state index is -1.83. The third-order valence-corrected chi connectivity index (χ3v) is 10.9. The number of fused-ring (bicyclic) bond motifs is 5. The van der Waals surface area contributed by atoms with Crippen LogP contribution in [0.15, 0.2) is 11.6 Å². The molecule has 11 nitrogen and oxygen atoms in total. The number of rotatable bonds is 10. The predicted molar refractivity (Wildman–Crippen MR) is 148 cm³/mol. The van der Waals surface area contributed by atoms with Crippen molar-refractivity contribution in [3.8, 4) is 0 Å². The van der Waals surface area contributed by atoms with Crippen molar-refractivity contribution in [1.82, 2.24) is 5.32 Å². The summed E-state index contributed by atoms with van der Waals surface area (Å²) in [5, 5.41) is 32.9. The lowest BCUT2D eigenvalue weighted by atomic mass is 9.46. The molecule has 4 aliphatic rings. The number of aliphatic hydroxyl groups is 2. The summed E-state index contributed by atoms with van der Waals surface area (Å²) in [5.74, 6) is -3.63. The van der Waals surface area contributed by atoms with Crippen LogP contribution in [-0.4, -0.2) is 75.4 Å². The molecular weight excluding hydrogens is 546 g/mol. The Morgan fingerprint density at radius 2 is 1.79 bits per heavy atom. The molecule has 3 saturated carbocycles. The Labute approximate surface area is 245 Å². The average molecular weight is 590 g/mol. The SMILES string of the molecule is CC(C)(CNC(=O)CCC(=O)OCC(=O)C1(O)CCC2C3CCC4=CC(=O)CCC4(C)C3C(=O)CC21C)C(O)C(=O)O. The molecule has 7 atom stereocenters. The van der Waals surface area contributed by atoms with E-state index in [1.807, 2.05) is 0 Å². The summed E-state index contributed by atoms with van der Waals surface area (Å²) < 4.78 is 5.13. The Bertz CT molecular complexity index is 1220. The predicted octanol–water partition coefficient (Wildman–Crippen LogP) is 1.91. The first-order chi connectivity index (χ1) is 19.5. The topological polar surface area (TPSA) is 184 Å². The highest BCUT2D eigenvalue weighted by molar-refractivity contribution is 5.95. The molecule has 42 heavy (non-hydrogen) atoms. The first kappa shape index (κ1) is 32.0. The quantitative estimate of drug-likeness (QED) is 0.274. The van der Waals surface area contributed by atoms with E-state index in [9.17, 15) is 39.0 Å². The first-order valence-electron chi connectivity index (χ1n) is 14.8. The van der Waals surface area contributed by atoms with Crippen LogP contribution in [0.5, 0.6) is 0 Å². The number of Topliss-reactive ketones (excluding diaryl/α,β-unsaturated/α-hetero) is 2. The third-order valence-electron chi connectivity index (χ3n) is 10.9. The molecule has 0 bridgehead atoms. The van der Waals surface area contributed by atoms with Gasteiger partial charge in [0.25, 0.3) is 0 Å². The van der Waals surface area contributed by atoms with Gasteiger partial charge in [-0.2, -0.15) is 0 Å². The van der Waals surface area contributed by atoms with E-state index in [0.29, 0.717) is 19.3 Å². The van der Waals surface area contributed by atoms with Crippen LogP contribution in [0.2, 0.25) is 0 Å². The van der Waals surface area contributed by atoms with E-state index in [0.717, 1.165) is 18.4 Å². The van der Waals surface area contributed by atoms with Crippen LogP contribution in [-0.2, 0) is 33.5 Å². The number of ketones is 3. The van der Waals surface area contributed by atoms with Gasteiger partial charge in [-0.3, -0.25) is 24.0 Å². The smallest absolute Gasteiger partial charge is 0.333 e. The maximum atomic E-state index is 13.7. The number of carboxylic acid groups (broad SMARTS) is 1. The van der Waals surface area contributed by atoms with E-state index in [-0.39, 0.29) is 67.0 Å². The number of aliphatic hydroxyl groups excluding tert-OH is 1. The second-order valence-corrected chi connectivity index (χ2v) is 13.9. The molecule has 7 unspecified atom stereocenters. The Morgan fingerprint density at radius 3 is 2.45 bits per heavy atom. The molecule has 232 valence electrons. The minimum Gasteiger partial charge on any atom is -0.479 e. The van der Waals surface area contributed by atoms with Gasteiger partial charge in [0, 0.05) is 42.6 Å². The summed E-state index contributed by atoms with van der Waals surface area (Å²) in [6, 6.07) is 0. The molecule has 0 heterocycles. The monoisotopic (exact) mass is 589 g/mol. The number of esters is 1. The second-order valence-electron chi connectivity index (χ2n) is 13.9. The van der Waals surface area contributed by atoms with Gasteiger partial charge in [-0.25, -0.2) is 4.79 Å². The van der Waals surface area contributed by atoms with Crippen LogP contribution in [0, 0.1) is 34.0 Å². The van der Waals surface area contributed by atoms with Gasteiger partial charge in [0.2, 0.25) is 11.7 Å². The number of carboxylic acids is 1. The van der Waals surface area contributed by atoms with Crippen LogP contribution in [0.3, 0.4) is 0 Å². The normalized spacial score (nSPS) is 34.8. The van der Waals surface area contributed by atoms with Crippen LogP contribution in [0.1, 0.15) is 85.5 Å². The van der Waals surface area contributed by atoms with Crippen LogP contribution >= 0.6 is 0 Å². The molecule has 0 aromatic heterocycles. The molecule has 0 radical (unpaired) electrons. The molecule has 0 spiro atoms. The highest BCUT2D eigenvalue weighted by Gasteiger charge is 2.68. The fourth-order valence-electron chi connectivity index (χ4n) is 8.24. The number of hydrogen-bond donors (Lipinski definition) is 4. The second kappa shape index (κ2) is 11.3. The average Bonchev–Trinajstić information content (AvgIpc) is 3.19. The summed E-state index contributed by atoms with van der Waals surface area (Å²) in [6.07, 6.45) is 2.70. The van der Waals surface area contributed by atoms with Crippen molar-refractivity contribution in [2.24, 2.45) is 34.0 Å². The number of nitrogens with one attached hydrogen (secondary N) is 1. The molecule has 11 heteroatoms. The van der Waals surface area contributed by atoms with Crippen molar-refractivity contribution in [3.05, 3.63) is 11.6 Å². The lowest BCUT2D eigenvalue weighted by Gasteiger charge is -2.57. The van der Waals surface area contributed by atoms with Crippen molar-refractivity contribution >= 4 is 35.2 Å². The lowest BCUT2D eigenvalue weighted by molar-refractivity contribution is -0.173. The molecule has 4 N–H and O–H groups in total. The number of carbonyl (C=O) groups excluding carboxylic acids is 5. The van der Waals surface area contributed by atoms with Crippen molar-refractivity contribution < 1.29 is 48.8 Å². The van der Waals surface area contributed by atoms with Gasteiger partial charge in [-0.15, -0.1) is 0 Å². The van der Waals surface area contributed by atoms with E-state index in [2.05, 4.69) is 12.2 Å². The molecule has 3 fully saturated rings. The number of allylic oxidation sites excluding steroid dienone is 1. The largest absolute Gasteiger partial charge is 0.479 e. The van der Waals surface area contributed by atoms with Crippen LogP contribution in [0.25, 0.3) is 0 Å². The number of ether oxygens (including phenoxy) is 1. The highest BCUT2D eigenvalue weighted by Crippen LogP contribution is 2.66. The van der Waals surface area contributed by atoms with Crippen LogP contribution < -0.4 is 5.32 Å². The Morgan fingerprint density at radius 1 is 1.10 bits per heavy atom. The Kier molecular flexibility index (Phi) is 8.61. The van der Waals surface area contributed by atoms with Gasteiger partial charge < -0.3 is 25.4 Å². The van der Waals surface area contributed by atoms with Gasteiger partial charge >= 0.3 is 11.9 Å². The summed E-state index contributed by atoms with van der Waals surface area (Å²) in [5.41, 5.74) is -3.30. The summed E-state index contributed by atoms with van der Waals surface area (Å²) in [4.78, 5) is 74.6. The number of aliphatic carboxylic acids is 1. The summed E-state index contributed by atoms with van der Waals surface area (Å²) in [7, 11) is 0. The lowest BCUT2D eigenvalue weighted by Crippen LogP contribution is -2.61. The molecule has 4 aliphatic carbocycles. The molecule has 1 amide bonds. The number of amides is 1. The molecule has 4 rings (SSSR count). The molecule has 0 aromatic rings. The number of carbonyl (C=O) groups is 6. The van der Waals surface area contributed by atoms with E-state index in [4.69, 9.17) is 9.84 Å². The zero-order chi connectivity index (χ0) is 31.3. The van der Waals surface area contributed by atoms with E-state index in [1.165, 1.54) is 13.8 Å². The fraction of sp³-hybridized carbons (Fsp3) is 0.742. The Balaban J connectivity index is 1.33. The number of hydrogen-bond acceptors (Lipinski definition) is 9. The van der Waals surface area contributed by atoms with E-state index >= 15 is 0 Å². The summed E-state index contributed by atoms with van der Waals surface area (Å²) >= 11 is 0. The van der Waals surface area contributed by atoms with Crippen molar-refractivity contribution in [3.63, 3.8) is 0 Å². The van der Waals surface area contributed by atoms with Gasteiger partial charge in [0.05, 0.1) is 6.42 Å². The van der Waals surface area contributed by atoms with Crippen molar-refractivity contribution in [2.45, 2.75) is 97.2 Å². The zero-order valence-corrected chi connectivity index (χ0v) is 24.9. The Hall–Kier alpha value is -2.92. The summed E-state index contributed by atoms with van der Waals surface area (Å²) in [6.45, 7) is 6.03. The first-order valence-corrected chi connectivity index (χ1v) is 14.8. The minimum absolute atomic E-state index is 0.00363. The zero-order valence-electron chi connectivity index (χ0n) is 24.9. The van der Waals surface area contributed by atoms with E-state index < -0.39 is 52.8 Å². The van der Waals surface area contributed by atoms with Crippen molar-refractivity contribution in [1.29, 1.82) is 0 Å². The van der Waals surface area contributed by atoms with Gasteiger partial charge in [-0.1, -0.05) is 33.3 Å². The molecule has 0 saturated heterocycles. The van der Waals surface area contributed by atoms with Crippen molar-refractivity contribution in [2.75, 3.05) is 13.2 Å². The fourth-order valence-corrected chi connectivity index (χ4v) is 8.24. The molecule has 0 aliphatic heterocycles. The molecular formula is C31H43NO10. The standard InChI is InChI=1S/C31H43NO10/c1-28(2,26(38)27(39)40)16-32-23(36)7-8-24(37)42-15-22(35)31(41)12-10-20-19-6-5-17-13-18(33)9-11-29(17,3)25(19)21(34)14-30(20,31)4/h13,19-20,25-26,38,41H,5-12,14-16H2,1-4H3,(H,32,36)(H,39,40). The third kappa shape index (κ3) is 5.45. The van der Waals surface area contributed by atoms with Gasteiger partial charge in [0.1, 0.15) is 11.4 Å². The maximum Gasteiger partial charge on any atom is 0.333 e. The highest BCUT2D eigenvalue weighted by atomic mass is 16.5. The van der Waals surface area contributed by atoms with Gasteiger partial charge in [-0.05, 0) is 55.4 Å².